The third kappa shape index (κ3) is 2.90. The minimum Gasteiger partial charge on any atom is -0.343 e. The van der Waals surface area contributed by atoms with Crippen molar-refractivity contribution < 1.29 is 4.79 Å². The van der Waals surface area contributed by atoms with Crippen LogP contribution in [-0.2, 0) is 11.3 Å². The van der Waals surface area contributed by atoms with Gasteiger partial charge in [-0.1, -0.05) is 17.0 Å². The Morgan fingerprint density at radius 1 is 1.30 bits per heavy atom. The van der Waals surface area contributed by atoms with E-state index in [-0.39, 0.29) is 5.91 Å². The Bertz CT molecular complexity index is 595. The van der Waals surface area contributed by atoms with Crippen LogP contribution in [0.15, 0.2) is 11.4 Å². The van der Waals surface area contributed by atoms with E-state index in [2.05, 4.69) is 20.3 Å². The summed E-state index contributed by atoms with van der Waals surface area (Å²) in [5.41, 5.74) is 1.37. The first-order valence-electron chi connectivity index (χ1n) is 6.65. The van der Waals surface area contributed by atoms with Crippen molar-refractivity contribution in [3.63, 3.8) is 0 Å². The number of rotatable bonds is 6. The first-order valence-corrected chi connectivity index (χ1v) is 7.64. The molecule has 0 atom stereocenters. The standard InChI is InChI=1S/C12H18N6OS/c1-4-17(5-2)9(19)7-20-12-10-11(13-8-14-12)18(6-3)16-15-10/h8H,4-7H2,1-3H3. The van der Waals surface area contributed by atoms with Crippen molar-refractivity contribution in [3.05, 3.63) is 6.33 Å². The molecule has 0 aliphatic rings. The summed E-state index contributed by atoms with van der Waals surface area (Å²) in [4.78, 5) is 22.2. The number of nitrogens with zero attached hydrogens (tertiary/aromatic N) is 6. The van der Waals surface area contributed by atoms with Crippen molar-refractivity contribution in [3.8, 4) is 0 Å². The van der Waals surface area contributed by atoms with Gasteiger partial charge >= 0.3 is 0 Å². The second-order valence-corrected chi connectivity index (χ2v) is 5.07. The van der Waals surface area contributed by atoms with Crippen molar-refractivity contribution in [2.45, 2.75) is 32.3 Å². The monoisotopic (exact) mass is 294 g/mol. The van der Waals surface area contributed by atoms with Crippen molar-refractivity contribution >= 4 is 28.8 Å². The molecule has 2 aromatic heterocycles. The lowest BCUT2D eigenvalue weighted by Gasteiger charge is -2.17. The van der Waals surface area contributed by atoms with Gasteiger partial charge in [-0.05, 0) is 20.8 Å². The summed E-state index contributed by atoms with van der Waals surface area (Å²) in [6, 6.07) is 0. The molecule has 7 nitrogen and oxygen atoms in total. The van der Waals surface area contributed by atoms with Crippen molar-refractivity contribution in [2.75, 3.05) is 18.8 Å². The molecule has 0 saturated heterocycles. The molecule has 1 amide bonds. The Kier molecular flexibility index (Phi) is 4.89. The lowest BCUT2D eigenvalue weighted by atomic mass is 10.5. The number of hydrogen-bond acceptors (Lipinski definition) is 6. The molecule has 0 saturated carbocycles. The quantitative estimate of drug-likeness (QED) is 0.588. The molecule has 0 aromatic carbocycles. The lowest BCUT2D eigenvalue weighted by Crippen LogP contribution is -2.31. The molecular formula is C12H18N6OS. The Labute approximate surface area is 121 Å². The number of aryl methyl sites for hydroxylation is 1. The molecule has 2 rings (SSSR count). The summed E-state index contributed by atoms with van der Waals surface area (Å²) in [6.07, 6.45) is 1.49. The molecule has 0 aliphatic carbocycles. The van der Waals surface area contributed by atoms with E-state index >= 15 is 0 Å². The number of aromatic nitrogens is 5. The number of carbonyl (C=O) groups excluding carboxylic acids is 1. The molecule has 20 heavy (non-hydrogen) atoms. The summed E-state index contributed by atoms with van der Waals surface area (Å²) < 4.78 is 1.72. The number of fused-ring (bicyclic) bond motifs is 1. The summed E-state index contributed by atoms with van der Waals surface area (Å²) >= 11 is 1.38. The fourth-order valence-corrected chi connectivity index (χ4v) is 2.72. The third-order valence-corrected chi connectivity index (χ3v) is 3.98. The minimum absolute atomic E-state index is 0.106. The van der Waals surface area contributed by atoms with Gasteiger partial charge in [-0.25, -0.2) is 14.6 Å². The fourth-order valence-electron chi connectivity index (χ4n) is 1.89. The van der Waals surface area contributed by atoms with E-state index in [9.17, 15) is 4.79 Å². The zero-order valence-corrected chi connectivity index (χ0v) is 12.7. The predicted octanol–water partition coefficient (Wildman–Crippen LogP) is 1.20. The largest absolute Gasteiger partial charge is 0.343 e. The van der Waals surface area contributed by atoms with Crippen LogP contribution < -0.4 is 0 Å². The molecule has 8 heteroatoms. The molecule has 0 unspecified atom stereocenters. The summed E-state index contributed by atoms with van der Waals surface area (Å²) in [5, 5.41) is 8.82. The van der Waals surface area contributed by atoms with Gasteiger partial charge in [-0.15, -0.1) is 5.10 Å². The van der Waals surface area contributed by atoms with Crippen LogP contribution in [0.4, 0.5) is 0 Å². The molecule has 0 bridgehead atoms. The average molecular weight is 294 g/mol. The molecule has 0 radical (unpaired) electrons. The maximum absolute atomic E-state index is 12.0. The maximum Gasteiger partial charge on any atom is 0.232 e. The van der Waals surface area contributed by atoms with Crippen LogP contribution >= 0.6 is 11.8 Å². The molecule has 0 aliphatic heterocycles. The molecule has 0 fully saturated rings. The van der Waals surface area contributed by atoms with Gasteiger partial charge in [-0.3, -0.25) is 4.79 Å². The highest BCUT2D eigenvalue weighted by Gasteiger charge is 2.15. The van der Waals surface area contributed by atoms with Gasteiger partial charge in [0, 0.05) is 19.6 Å². The number of thioether (sulfide) groups is 1. The molecule has 108 valence electrons. The lowest BCUT2D eigenvalue weighted by molar-refractivity contribution is -0.127. The van der Waals surface area contributed by atoms with Crippen LogP contribution in [0.25, 0.3) is 11.2 Å². The first kappa shape index (κ1) is 14.7. The SMILES string of the molecule is CCN(CC)C(=O)CSc1ncnc2c1nnn2CC. The van der Waals surface area contributed by atoms with Crippen molar-refractivity contribution in [1.29, 1.82) is 0 Å². The van der Waals surface area contributed by atoms with Crippen molar-refractivity contribution in [2.24, 2.45) is 0 Å². The van der Waals surface area contributed by atoms with Crippen LogP contribution in [0.3, 0.4) is 0 Å². The van der Waals surface area contributed by atoms with Gasteiger partial charge in [0.1, 0.15) is 11.4 Å². The van der Waals surface area contributed by atoms with E-state index in [0.717, 1.165) is 13.1 Å². The van der Waals surface area contributed by atoms with Crippen LogP contribution in [0, 0.1) is 0 Å². The van der Waals surface area contributed by atoms with Crippen molar-refractivity contribution in [1.82, 2.24) is 29.9 Å². The zero-order chi connectivity index (χ0) is 14.5. The number of carbonyl (C=O) groups is 1. The third-order valence-electron chi connectivity index (χ3n) is 3.01. The van der Waals surface area contributed by atoms with Crippen LogP contribution in [0.5, 0.6) is 0 Å². The van der Waals surface area contributed by atoms with E-state index in [0.29, 0.717) is 28.5 Å². The van der Waals surface area contributed by atoms with Crippen LogP contribution in [0.1, 0.15) is 20.8 Å². The average Bonchev–Trinajstić information content (AvgIpc) is 2.90. The first-order chi connectivity index (χ1) is 9.71. The van der Waals surface area contributed by atoms with Crippen LogP contribution in [-0.4, -0.2) is 54.6 Å². The maximum atomic E-state index is 12.0. The topological polar surface area (TPSA) is 76.8 Å². The Morgan fingerprint density at radius 3 is 2.70 bits per heavy atom. The highest BCUT2D eigenvalue weighted by Crippen LogP contribution is 2.22. The summed E-state index contributed by atoms with van der Waals surface area (Å²) in [5.74, 6) is 0.460. The minimum atomic E-state index is 0.106. The predicted molar refractivity (Wildman–Crippen MR) is 77.4 cm³/mol. The summed E-state index contributed by atoms with van der Waals surface area (Å²) in [6.45, 7) is 8.08. The molecule has 2 heterocycles. The molecule has 0 N–H and O–H groups in total. The van der Waals surface area contributed by atoms with Gasteiger partial charge in [0.25, 0.3) is 0 Å². The van der Waals surface area contributed by atoms with Gasteiger partial charge in [-0.2, -0.15) is 0 Å². The zero-order valence-electron chi connectivity index (χ0n) is 11.9. The molecular weight excluding hydrogens is 276 g/mol. The Morgan fingerprint density at radius 2 is 2.05 bits per heavy atom. The van der Waals surface area contributed by atoms with Gasteiger partial charge in [0.15, 0.2) is 11.2 Å². The van der Waals surface area contributed by atoms with E-state index in [1.807, 2.05) is 20.8 Å². The van der Waals surface area contributed by atoms with E-state index in [4.69, 9.17) is 0 Å². The second kappa shape index (κ2) is 6.65. The number of hydrogen-bond donors (Lipinski definition) is 0. The summed E-state index contributed by atoms with van der Waals surface area (Å²) in [7, 11) is 0. The highest BCUT2D eigenvalue weighted by atomic mass is 32.2. The molecule has 2 aromatic rings. The van der Waals surface area contributed by atoms with Gasteiger partial charge in [0.05, 0.1) is 5.75 Å². The molecule has 0 spiro atoms. The second-order valence-electron chi connectivity index (χ2n) is 4.11. The fraction of sp³-hybridized carbons (Fsp3) is 0.583. The Hall–Kier alpha value is -1.70. The van der Waals surface area contributed by atoms with E-state index in [1.165, 1.54) is 18.1 Å². The normalized spacial score (nSPS) is 10.9. The smallest absolute Gasteiger partial charge is 0.232 e. The number of amides is 1. The van der Waals surface area contributed by atoms with Gasteiger partial charge in [0.2, 0.25) is 5.91 Å². The van der Waals surface area contributed by atoms with E-state index in [1.54, 1.807) is 9.58 Å². The highest BCUT2D eigenvalue weighted by molar-refractivity contribution is 8.00. The van der Waals surface area contributed by atoms with Gasteiger partial charge < -0.3 is 4.90 Å². The Balaban J connectivity index is 2.14. The van der Waals surface area contributed by atoms with E-state index < -0.39 is 0 Å². The van der Waals surface area contributed by atoms with Crippen LogP contribution in [0.2, 0.25) is 0 Å².